The molecule has 116 valence electrons. The molecular weight excluding hydrogens is 325 g/mol. The van der Waals surface area contributed by atoms with Gasteiger partial charge in [-0.1, -0.05) is 41.4 Å². The lowest BCUT2D eigenvalue weighted by atomic mass is 10.1. The third-order valence-corrected chi connectivity index (χ3v) is 3.87. The average Bonchev–Trinajstić information content (AvgIpc) is 2.78. The fraction of sp³-hybridized carbons (Fsp3) is 0.200. The molecule has 1 aromatic carbocycles. The lowest BCUT2D eigenvalue weighted by Crippen LogP contribution is -2.07. The van der Waals surface area contributed by atoms with Crippen LogP contribution in [0.1, 0.15) is 11.4 Å². The van der Waals surface area contributed by atoms with Gasteiger partial charge in [0, 0.05) is 18.8 Å². The van der Waals surface area contributed by atoms with Crippen molar-refractivity contribution in [3.63, 3.8) is 0 Å². The van der Waals surface area contributed by atoms with E-state index in [1.54, 1.807) is 17.7 Å². The number of nitrogens with one attached hydrogen (secondary N) is 1. The second kappa shape index (κ2) is 7.33. The van der Waals surface area contributed by atoms with Crippen LogP contribution in [0.4, 0.5) is 5.69 Å². The molecule has 0 radical (unpaired) electrons. The molecule has 1 N–H and O–H groups in total. The van der Waals surface area contributed by atoms with Gasteiger partial charge in [-0.15, -0.1) is 0 Å². The minimum atomic E-state index is -0.405. The monoisotopic (exact) mass is 339 g/mol. The zero-order valence-corrected chi connectivity index (χ0v) is 13.6. The summed E-state index contributed by atoms with van der Waals surface area (Å²) >= 11 is 11.9. The third-order valence-electron chi connectivity index (χ3n) is 3.08. The molecule has 22 heavy (non-hydrogen) atoms. The lowest BCUT2D eigenvalue weighted by molar-refractivity contribution is -0.134. The largest absolute Gasteiger partial charge is 0.466 e. The van der Waals surface area contributed by atoms with Crippen molar-refractivity contribution in [2.24, 2.45) is 7.05 Å². The Kier molecular flexibility index (Phi) is 5.46. The van der Waals surface area contributed by atoms with Crippen LogP contribution in [-0.2, 0) is 23.1 Å². The highest BCUT2D eigenvalue weighted by molar-refractivity contribution is 6.40. The molecule has 0 aliphatic rings. The Labute approximate surface area is 138 Å². The first kappa shape index (κ1) is 16.4. The molecule has 2 rings (SSSR count). The highest BCUT2D eigenvalue weighted by Gasteiger charge is 2.10. The molecule has 0 spiro atoms. The molecule has 0 saturated heterocycles. The number of esters is 1. The van der Waals surface area contributed by atoms with Gasteiger partial charge in [-0.2, -0.15) is 0 Å². The summed E-state index contributed by atoms with van der Waals surface area (Å²) in [6.07, 6.45) is 3.06. The maximum absolute atomic E-state index is 11.2. The molecule has 0 atom stereocenters. The number of imidazole rings is 1. The van der Waals surface area contributed by atoms with Crippen molar-refractivity contribution in [2.75, 3.05) is 12.4 Å². The first-order chi connectivity index (χ1) is 10.5. The van der Waals surface area contributed by atoms with Crippen LogP contribution >= 0.6 is 23.2 Å². The number of carbonyl (C=O) groups excluding carboxylic acids is 1. The number of benzene rings is 1. The summed E-state index contributed by atoms with van der Waals surface area (Å²) in [5.74, 6) is 0.305. The van der Waals surface area contributed by atoms with Gasteiger partial charge in [0.2, 0.25) is 0 Å². The minimum absolute atomic E-state index is 0.278. The number of aromatic nitrogens is 2. The fourth-order valence-corrected chi connectivity index (χ4v) is 2.21. The number of para-hydroxylation sites is 1. The van der Waals surface area contributed by atoms with Crippen LogP contribution in [0.3, 0.4) is 0 Å². The Morgan fingerprint density at radius 3 is 2.77 bits per heavy atom. The SMILES string of the molecule is COC(=O)/C=C/c1ccccc1NCc1nc(Cl)c(Cl)n1C. The zero-order valence-electron chi connectivity index (χ0n) is 12.1. The maximum atomic E-state index is 11.2. The van der Waals surface area contributed by atoms with Gasteiger partial charge in [0.15, 0.2) is 5.15 Å². The maximum Gasteiger partial charge on any atom is 0.330 e. The molecule has 2 aromatic rings. The molecule has 0 aliphatic heterocycles. The number of hydrogen-bond donors (Lipinski definition) is 1. The molecule has 0 amide bonds. The lowest BCUT2D eigenvalue weighted by Gasteiger charge is -2.09. The second-order valence-electron chi connectivity index (χ2n) is 4.47. The van der Waals surface area contributed by atoms with Crippen molar-refractivity contribution in [1.29, 1.82) is 0 Å². The number of rotatable bonds is 5. The van der Waals surface area contributed by atoms with E-state index in [-0.39, 0.29) is 5.15 Å². The minimum Gasteiger partial charge on any atom is -0.466 e. The first-order valence-electron chi connectivity index (χ1n) is 6.48. The quantitative estimate of drug-likeness (QED) is 0.668. The van der Waals surface area contributed by atoms with E-state index in [1.807, 2.05) is 24.3 Å². The van der Waals surface area contributed by atoms with Gasteiger partial charge in [-0.3, -0.25) is 0 Å². The summed E-state index contributed by atoms with van der Waals surface area (Å²) in [4.78, 5) is 15.4. The van der Waals surface area contributed by atoms with Crippen LogP contribution in [0.25, 0.3) is 6.08 Å². The van der Waals surface area contributed by atoms with Crippen molar-refractivity contribution in [3.05, 3.63) is 52.0 Å². The standard InChI is InChI=1S/C15H15Cl2N3O2/c1-20-12(19-14(16)15(20)17)9-18-11-6-4-3-5-10(11)7-8-13(21)22-2/h3-8,18H,9H2,1-2H3/b8-7+. The highest BCUT2D eigenvalue weighted by Crippen LogP contribution is 2.23. The van der Waals surface area contributed by atoms with Crippen molar-refractivity contribution >= 4 is 40.9 Å². The third kappa shape index (κ3) is 3.81. The van der Waals surface area contributed by atoms with Crippen molar-refractivity contribution in [2.45, 2.75) is 6.54 Å². The summed E-state index contributed by atoms with van der Waals surface area (Å²) in [6.45, 7) is 0.450. The van der Waals surface area contributed by atoms with E-state index in [9.17, 15) is 4.79 Å². The highest BCUT2D eigenvalue weighted by atomic mass is 35.5. The number of nitrogens with zero attached hydrogens (tertiary/aromatic N) is 2. The molecule has 5 nitrogen and oxygen atoms in total. The number of carbonyl (C=O) groups is 1. The Bertz CT molecular complexity index is 711. The number of hydrogen-bond acceptors (Lipinski definition) is 4. The zero-order chi connectivity index (χ0) is 16.1. The molecule has 0 unspecified atom stereocenters. The van der Waals surface area contributed by atoms with E-state index in [2.05, 4.69) is 15.0 Å². The molecule has 0 aliphatic carbocycles. The van der Waals surface area contributed by atoms with Gasteiger partial charge < -0.3 is 14.6 Å². The first-order valence-corrected chi connectivity index (χ1v) is 7.24. The summed E-state index contributed by atoms with van der Waals surface area (Å²) in [5.41, 5.74) is 1.72. The number of ether oxygens (including phenoxy) is 1. The smallest absolute Gasteiger partial charge is 0.330 e. The predicted octanol–water partition coefficient (Wildman–Crippen LogP) is 3.53. The summed E-state index contributed by atoms with van der Waals surface area (Å²) in [6, 6.07) is 7.58. The van der Waals surface area contributed by atoms with E-state index in [0.717, 1.165) is 11.3 Å². The Morgan fingerprint density at radius 2 is 2.14 bits per heavy atom. The Morgan fingerprint density at radius 1 is 1.41 bits per heavy atom. The fourth-order valence-electron chi connectivity index (χ4n) is 1.85. The van der Waals surface area contributed by atoms with E-state index < -0.39 is 5.97 Å². The van der Waals surface area contributed by atoms with E-state index in [0.29, 0.717) is 17.5 Å². The van der Waals surface area contributed by atoms with Crippen LogP contribution < -0.4 is 5.32 Å². The van der Waals surface area contributed by atoms with Crippen molar-refractivity contribution in [3.8, 4) is 0 Å². The van der Waals surface area contributed by atoms with E-state index in [1.165, 1.54) is 13.2 Å². The second-order valence-corrected chi connectivity index (χ2v) is 5.18. The van der Waals surface area contributed by atoms with Gasteiger partial charge >= 0.3 is 5.97 Å². The Balaban J connectivity index is 2.14. The van der Waals surface area contributed by atoms with Crippen LogP contribution in [0.15, 0.2) is 30.3 Å². The average molecular weight is 340 g/mol. The van der Waals surface area contributed by atoms with Gasteiger partial charge in [0.1, 0.15) is 11.0 Å². The number of methoxy groups -OCH3 is 1. The number of anilines is 1. The summed E-state index contributed by atoms with van der Waals surface area (Å²) < 4.78 is 6.30. The van der Waals surface area contributed by atoms with Crippen LogP contribution in [-0.4, -0.2) is 22.6 Å². The molecule has 0 saturated carbocycles. The van der Waals surface area contributed by atoms with Gasteiger partial charge in [0.25, 0.3) is 0 Å². The molecule has 1 heterocycles. The molecule has 0 bridgehead atoms. The van der Waals surface area contributed by atoms with Gasteiger partial charge in [-0.25, -0.2) is 9.78 Å². The van der Waals surface area contributed by atoms with Crippen LogP contribution in [0.5, 0.6) is 0 Å². The van der Waals surface area contributed by atoms with E-state index >= 15 is 0 Å². The van der Waals surface area contributed by atoms with Crippen LogP contribution in [0, 0.1) is 0 Å². The van der Waals surface area contributed by atoms with E-state index in [4.69, 9.17) is 23.2 Å². The van der Waals surface area contributed by atoms with Crippen molar-refractivity contribution in [1.82, 2.24) is 9.55 Å². The summed E-state index contributed by atoms with van der Waals surface area (Å²) in [5, 5.41) is 3.93. The molecule has 7 heteroatoms. The summed E-state index contributed by atoms with van der Waals surface area (Å²) in [7, 11) is 3.13. The molecule has 1 aromatic heterocycles. The number of halogens is 2. The van der Waals surface area contributed by atoms with Crippen molar-refractivity contribution < 1.29 is 9.53 Å². The molecular formula is C15H15Cl2N3O2. The van der Waals surface area contributed by atoms with Gasteiger partial charge in [-0.05, 0) is 17.7 Å². The predicted molar refractivity (Wildman–Crippen MR) is 88.0 cm³/mol. The topological polar surface area (TPSA) is 56.1 Å². The van der Waals surface area contributed by atoms with Crippen LogP contribution in [0.2, 0.25) is 10.3 Å². The molecule has 0 fully saturated rings. The Hall–Kier alpha value is -1.98. The normalized spacial score (nSPS) is 10.9. The van der Waals surface area contributed by atoms with Gasteiger partial charge in [0.05, 0.1) is 13.7 Å².